The zero-order chi connectivity index (χ0) is 13.3. The number of rotatable bonds is 2. The molecule has 4 atom stereocenters. The van der Waals surface area contributed by atoms with Crippen LogP contribution in [0.15, 0.2) is 30.3 Å². The maximum absolute atomic E-state index is 12.6. The second-order valence-corrected chi connectivity index (χ2v) is 5.68. The monoisotopic (exact) mass is 245 g/mol. The molecule has 1 aliphatic heterocycles. The minimum absolute atomic E-state index is 0.0404. The Hall–Kier alpha value is -1.31. The van der Waals surface area contributed by atoms with E-state index in [1.807, 2.05) is 37.3 Å². The molecule has 1 heterocycles. The van der Waals surface area contributed by atoms with Gasteiger partial charge in [-0.2, -0.15) is 0 Å². The van der Waals surface area contributed by atoms with Crippen LogP contribution in [0.2, 0.25) is 0 Å². The van der Waals surface area contributed by atoms with Crippen LogP contribution in [0.3, 0.4) is 0 Å². The Morgan fingerprint density at radius 1 is 1.22 bits per heavy atom. The number of carbonyl (C=O) groups excluding carboxylic acids is 1. The fraction of sp³-hybridized carbons (Fsp3) is 0.562. The van der Waals surface area contributed by atoms with Gasteiger partial charge >= 0.3 is 0 Å². The van der Waals surface area contributed by atoms with Crippen LogP contribution < -0.4 is 0 Å². The SMILES string of the molecule is CC(C(=O)N1C(C)C(C)C[C@H]1C)c1ccccc1. The van der Waals surface area contributed by atoms with E-state index in [0.29, 0.717) is 18.0 Å². The Morgan fingerprint density at radius 3 is 2.33 bits per heavy atom. The summed E-state index contributed by atoms with van der Waals surface area (Å²) >= 11 is 0. The van der Waals surface area contributed by atoms with Crippen molar-refractivity contribution in [3.63, 3.8) is 0 Å². The normalized spacial score (nSPS) is 29.3. The van der Waals surface area contributed by atoms with Gasteiger partial charge in [-0.05, 0) is 38.7 Å². The highest BCUT2D eigenvalue weighted by atomic mass is 16.2. The fourth-order valence-corrected chi connectivity index (χ4v) is 3.05. The van der Waals surface area contributed by atoms with Crippen molar-refractivity contribution in [3.05, 3.63) is 35.9 Å². The third kappa shape index (κ3) is 2.29. The van der Waals surface area contributed by atoms with E-state index < -0.39 is 0 Å². The molecule has 1 amide bonds. The minimum Gasteiger partial charge on any atom is -0.336 e. The summed E-state index contributed by atoms with van der Waals surface area (Å²) in [6, 6.07) is 10.8. The minimum atomic E-state index is -0.0404. The standard InChI is InChI=1S/C16H23NO/c1-11-10-12(2)17(14(11)4)16(18)13(3)15-8-6-5-7-9-15/h5-9,11-14H,10H2,1-4H3/t11?,12-,13?,14?/m1/s1. The van der Waals surface area contributed by atoms with Gasteiger partial charge < -0.3 is 4.90 Å². The molecule has 98 valence electrons. The average molecular weight is 245 g/mol. The van der Waals surface area contributed by atoms with Crippen molar-refractivity contribution < 1.29 is 4.79 Å². The number of carbonyl (C=O) groups is 1. The van der Waals surface area contributed by atoms with E-state index in [4.69, 9.17) is 0 Å². The van der Waals surface area contributed by atoms with Gasteiger partial charge in [-0.15, -0.1) is 0 Å². The van der Waals surface area contributed by atoms with Crippen molar-refractivity contribution in [1.29, 1.82) is 0 Å². The molecule has 0 bridgehead atoms. The maximum Gasteiger partial charge on any atom is 0.230 e. The van der Waals surface area contributed by atoms with Crippen LogP contribution in [-0.4, -0.2) is 22.9 Å². The Bertz CT molecular complexity index is 414. The Morgan fingerprint density at radius 2 is 1.83 bits per heavy atom. The van der Waals surface area contributed by atoms with Crippen LogP contribution in [0.25, 0.3) is 0 Å². The molecule has 0 N–H and O–H groups in total. The third-order valence-corrected chi connectivity index (χ3v) is 4.37. The molecule has 1 aromatic rings. The average Bonchev–Trinajstić information content (AvgIpc) is 2.63. The lowest BCUT2D eigenvalue weighted by molar-refractivity contribution is -0.135. The number of likely N-dealkylation sites (tertiary alicyclic amines) is 1. The number of amides is 1. The predicted molar refractivity (Wildman–Crippen MR) is 74.4 cm³/mol. The first kappa shape index (κ1) is 13.1. The van der Waals surface area contributed by atoms with Gasteiger partial charge in [0, 0.05) is 12.1 Å². The van der Waals surface area contributed by atoms with Gasteiger partial charge in [-0.1, -0.05) is 37.3 Å². The van der Waals surface area contributed by atoms with Gasteiger partial charge in [0.05, 0.1) is 5.92 Å². The predicted octanol–water partition coefficient (Wildman–Crippen LogP) is 3.44. The molecule has 1 saturated heterocycles. The van der Waals surface area contributed by atoms with Gasteiger partial charge in [-0.3, -0.25) is 4.79 Å². The Kier molecular flexibility index (Phi) is 3.74. The first-order chi connectivity index (χ1) is 8.52. The van der Waals surface area contributed by atoms with E-state index in [1.165, 1.54) is 0 Å². The van der Waals surface area contributed by atoms with Gasteiger partial charge in [0.15, 0.2) is 0 Å². The highest BCUT2D eigenvalue weighted by Crippen LogP contribution is 2.32. The lowest BCUT2D eigenvalue weighted by atomic mass is 9.99. The smallest absolute Gasteiger partial charge is 0.230 e. The van der Waals surface area contributed by atoms with E-state index in [-0.39, 0.29) is 11.8 Å². The van der Waals surface area contributed by atoms with Crippen LogP contribution in [0.1, 0.15) is 45.6 Å². The summed E-state index contributed by atoms with van der Waals surface area (Å²) < 4.78 is 0. The van der Waals surface area contributed by atoms with E-state index in [2.05, 4.69) is 25.7 Å². The summed E-state index contributed by atoms with van der Waals surface area (Å²) in [7, 11) is 0. The van der Waals surface area contributed by atoms with Crippen molar-refractivity contribution in [2.24, 2.45) is 5.92 Å². The summed E-state index contributed by atoms with van der Waals surface area (Å²) in [5, 5.41) is 0. The molecule has 18 heavy (non-hydrogen) atoms. The van der Waals surface area contributed by atoms with Crippen molar-refractivity contribution in [1.82, 2.24) is 4.90 Å². The number of hydrogen-bond acceptors (Lipinski definition) is 1. The zero-order valence-electron chi connectivity index (χ0n) is 11.8. The van der Waals surface area contributed by atoms with Gasteiger partial charge in [-0.25, -0.2) is 0 Å². The summed E-state index contributed by atoms with van der Waals surface area (Å²) in [4.78, 5) is 14.7. The molecule has 1 aromatic carbocycles. The van der Waals surface area contributed by atoms with E-state index >= 15 is 0 Å². The lowest BCUT2D eigenvalue weighted by Crippen LogP contribution is -2.41. The third-order valence-electron chi connectivity index (χ3n) is 4.37. The summed E-state index contributed by atoms with van der Waals surface area (Å²) in [6.45, 7) is 8.58. The molecule has 3 unspecified atom stereocenters. The lowest BCUT2D eigenvalue weighted by Gasteiger charge is -2.30. The molecule has 2 rings (SSSR count). The number of nitrogens with zero attached hydrogens (tertiary/aromatic N) is 1. The molecule has 0 spiro atoms. The second kappa shape index (κ2) is 5.13. The van der Waals surface area contributed by atoms with Gasteiger partial charge in [0.25, 0.3) is 0 Å². The molecule has 0 aromatic heterocycles. The van der Waals surface area contributed by atoms with Crippen LogP contribution in [0, 0.1) is 5.92 Å². The summed E-state index contributed by atoms with van der Waals surface area (Å²) in [5.74, 6) is 0.832. The van der Waals surface area contributed by atoms with Crippen LogP contribution in [0.5, 0.6) is 0 Å². The molecule has 2 heteroatoms. The molecule has 0 radical (unpaired) electrons. The summed E-state index contributed by atoms with van der Waals surface area (Å²) in [5.41, 5.74) is 1.11. The highest BCUT2D eigenvalue weighted by Gasteiger charge is 2.38. The van der Waals surface area contributed by atoms with Crippen molar-refractivity contribution >= 4 is 5.91 Å². The van der Waals surface area contributed by atoms with Crippen LogP contribution in [0.4, 0.5) is 0 Å². The Labute approximate surface area is 110 Å². The van der Waals surface area contributed by atoms with Crippen molar-refractivity contribution in [2.75, 3.05) is 0 Å². The molecule has 2 nitrogen and oxygen atoms in total. The van der Waals surface area contributed by atoms with Crippen LogP contribution in [-0.2, 0) is 4.79 Å². The van der Waals surface area contributed by atoms with Crippen molar-refractivity contribution in [2.45, 2.75) is 52.1 Å². The molecular weight excluding hydrogens is 222 g/mol. The number of hydrogen-bond donors (Lipinski definition) is 0. The second-order valence-electron chi connectivity index (χ2n) is 5.68. The quantitative estimate of drug-likeness (QED) is 0.781. The van der Waals surface area contributed by atoms with Crippen molar-refractivity contribution in [3.8, 4) is 0 Å². The fourth-order valence-electron chi connectivity index (χ4n) is 3.05. The molecule has 0 saturated carbocycles. The van der Waals surface area contributed by atoms with E-state index in [9.17, 15) is 4.79 Å². The molecule has 1 fully saturated rings. The largest absolute Gasteiger partial charge is 0.336 e. The molecule has 0 aliphatic carbocycles. The highest BCUT2D eigenvalue weighted by molar-refractivity contribution is 5.84. The maximum atomic E-state index is 12.6. The van der Waals surface area contributed by atoms with Crippen LogP contribution >= 0.6 is 0 Å². The first-order valence-electron chi connectivity index (χ1n) is 6.89. The number of benzene rings is 1. The topological polar surface area (TPSA) is 20.3 Å². The molecular formula is C16H23NO. The zero-order valence-corrected chi connectivity index (χ0v) is 11.8. The van der Waals surface area contributed by atoms with Gasteiger partial charge in [0.1, 0.15) is 0 Å². The van der Waals surface area contributed by atoms with Gasteiger partial charge in [0.2, 0.25) is 5.91 Å². The van der Waals surface area contributed by atoms with E-state index in [1.54, 1.807) is 0 Å². The first-order valence-corrected chi connectivity index (χ1v) is 6.89. The Balaban J connectivity index is 2.17. The summed E-state index contributed by atoms with van der Waals surface area (Å²) in [6.07, 6.45) is 1.12. The van der Waals surface area contributed by atoms with E-state index in [0.717, 1.165) is 12.0 Å². The molecule has 1 aliphatic rings.